The number of carbonyl (C=O) groups excluding carboxylic acids is 3. The SMILES string of the molecule is C#Cc1ccc(NC(=O)NC(CCC)C(=O)Nc2ccc(N3CCOCC3=O)c(C)c2)cc1. The van der Waals surface area contributed by atoms with E-state index in [1.165, 1.54) is 0 Å². The number of terminal acetylenes is 1. The highest BCUT2D eigenvalue weighted by Gasteiger charge is 2.23. The number of rotatable bonds is 7. The number of amides is 4. The van der Waals surface area contributed by atoms with Gasteiger partial charge in [-0.3, -0.25) is 9.59 Å². The Morgan fingerprint density at radius 2 is 1.88 bits per heavy atom. The van der Waals surface area contributed by atoms with Crippen molar-refractivity contribution in [2.45, 2.75) is 32.7 Å². The summed E-state index contributed by atoms with van der Waals surface area (Å²) in [5.74, 6) is 2.11. The summed E-state index contributed by atoms with van der Waals surface area (Å²) < 4.78 is 5.18. The van der Waals surface area contributed by atoms with Crippen LogP contribution in [-0.2, 0) is 14.3 Å². The number of morpholine rings is 1. The molecular formula is C25H28N4O4. The van der Waals surface area contributed by atoms with E-state index in [1.807, 2.05) is 26.0 Å². The summed E-state index contributed by atoms with van der Waals surface area (Å²) in [5.41, 5.74) is 3.53. The minimum absolute atomic E-state index is 0.0679. The summed E-state index contributed by atoms with van der Waals surface area (Å²) in [7, 11) is 0. The van der Waals surface area contributed by atoms with E-state index in [-0.39, 0.29) is 18.4 Å². The van der Waals surface area contributed by atoms with Crippen molar-refractivity contribution in [3.63, 3.8) is 0 Å². The van der Waals surface area contributed by atoms with E-state index < -0.39 is 12.1 Å². The van der Waals surface area contributed by atoms with Crippen LogP contribution in [0.3, 0.4) is 0 Å². The Balaban J connectivity index is 1.63. The topological polar surface area (TPSA) is 99.8 Å². The highest BCUT2D eigenvalue weighted by Crippen LogP contribution is 2.25. The molecule has 0 radical (unpaired) electrons. The fourth-order valence-corrected chi connectivity index (χ4v) is 3.57. The zero-order valence-electron chi connectivity index (χ0n) is 18.8. The molecule has 0 aliphatic carbocycles. The van der Waals surface area contributed by atoms with E-state index in [0.717, 1.165) is 11.3 Å². The van der Waals surface area contributed by atoms with Crippen molar-refractivity contribution in [3.05, 3.63) is 53.6 Å². The van der Waals surface area contributed by atoms with E-state index in [1.54, 1.807) is 35.2 Å². The summed E-state index contributed by atoms with van der Waals surface area (Å²) in [6.07, 6.45) is 6.54. The minimum atomic E-state index is -0.708. The Hall–Kier alpha value is -3.83. The summed E-state index contributed by atoms with van der Waals surface area (Å²) in [6, 6.07) is 11.0. The average Bonchev–Trinajstić information content (AvgIpc) is 2.80. The van der Waals surface area contributed by atoms with Crippen LogP contribution in [0.25, 0.3) is 0 Å². The number of urea groups is 1. The lowest BCUT2D eigenvalue weighted by molar-refractivity contribution is -0.125. The highest BCUT2D eigenvalue weighted by molar-refractivity contribution is 6.00. The molecule has 2 aromatic carbocycles. The van der Waals surface area contributed by atoms with Gasteiger partial charge >= 0.3 is 6.03 Å². The Morgan fingerprint density at radius 1 is 1.15 bits per heavy atom. The van der Waals surface area contributed by atoms with Crippen LogP contribution in [-0.4, -0.2) is 43.6 Å². The Morgan fingerprint density at radius 3 is 2.52 bits per heavy atom. The second-order valence-corrected chi connectivity index (χ2v) is 7.75. The molecule has 2 aromatic rings. The van der Waals surface area contributed by atoms with E-state index in [9.17, 15) is 14.4 Å². The predicted octanol–water partition coefficient (Wildman–Crippen LogP) is 3.27. The van der Waals surface area contributed by atoms with Gasteiger partial charge in [0.05, 0.1) is 6.61 Å². The van der Waals surface area contributed by atoms with Crippen molar-refractivity contribution in [3.8, 4) is 12.3 Å². The van der Waals surface area contributed by atoms with E-state index >= 15 is 0 Å². The molecule has 3 N–H and O–H groups in total. The second kappa shape index (κ2) is 11.2. The molecule has 1 unspecified atom stereocenters. The minimum Gasteiger partial charge on any atom is -0.370 e. The zero-order chi connectivity index (χ0) is 23.8. The van der Waals surface area contributed by atoms with Gasteiger partial charge in [-0.05, 0) is 61.4 Å². The van der Waals surface area contributed by atoms with Crippen molar-refractivity contribution in [2.24, 2.45) is 0 Å². The van der Waals surface area contributed by atoms with Crippen LogP contribution in [0.2, 0.25) is 0 Å². The number of benzene rings is 2. The van der Waals surface area contributed by atoms with E-state index in [4.69, 9.17) is 11.2 Å². The maximum atomic E-state index is 12.9. The van der Waals surface area contributed by atoms with Gasteiger partial charge in [-0.1, -0.05) is 19.3 Å². The molecular weight excluding hydrogens is 420 g/mol. The van der Waals surface area contributed by atoms with Gasteiger partial charge in [-0.25, -0.2) is 4.79 Å². The number of anilines is 3. The van der Waals surface area contributed by atoms with Crippen LogP contribution in [0, 0.1) is 19.3 Å². The average molecular weight is 449 g/mol. The van der Waals surface area contributed by atoms with Crippen LogP contribution < -0.4 is 20.9 Å². The van der Waals surface area contributed by atoms with Gasteiger partial charge < -0.3 is 25.6 Å². The fraction of sp³-hybridized carbons (Fsp3) is 0.320. The summed E-state index contributed by atoms with van der Waals surface area (Å²) in [4.78, 5) is 39.1. The molecule has 33 heavy (non-hydrogen) atoms. The molecule has 3 rings (SSSR count). The van der Waals surface area contributed by atoms with Crippen LogP contribution in [0.1, 0.15) is 30.9 Å². The second-order valence-electron chi connectivity index (χ2n) is 7.75. The predicted molar refractivity (Wildman–Crippen MR) is 128 cm³/mol. The fourth-order valence-electron chi connectivity index (χ4n) is 3.57. The lowest BCUT2D eigenvalue weighted by Crippen LogP contribution is -2.45. The Labute approximate surface area is 193 Å². The van der Waals surface area contributed by atoms with Gasteiger partial charge in [0, 0.05) is 29.2 Å². The molecule has 1 atom stereocenters. The molecule has 8 heteroatoms. The van der Waals surface area contributed by atoms with Crippen molar-refractivity contribution >= 4 is 34.9 Å². The summed E-state index contributed by atoms with van der Waals surface area (Å²) in [5, 5.41) is 8.30. The smallest absolute Gasteiger partial charge is 0.319 e. The molecule has 4 amide bonds. The Bertz CT molecular complexity index is 1060. The molecule has 1 heterocycles. The number of hydrogen-bond donors (Lipinski definition) is 3. The van der Waals surface area contributed by atoms with Crippen molar-refractivity contribution in [2.75, 3.05) is 35.3 Å². The standard InChI is InChI=1S/C25H28N4O4/c1-4-6-21(28-25(32)27-19-9-7-18(5-2)8-10-19)24(31)26-20-11-12-22(17(3)15-20)29-13-14-33-16-23(29)30/h2,7-12,15,21H,4,6,13-14,16H2,1,3H3,(H,26,31)(H2,27,28,32). The van der Waals surface area contributed by atoms with Gasteiger partial charge in [-0.15, -0.1) is 6.42 Å². The van der Waals surface area contributed by atoms with Crippen LogP contribution >= 0.6 is 0 Å². The summed E-state index contributed by atoms with van der Waals surface area (Å²) in [6.45, 7) is 4.88. The first kappa shape index (κ1) is 23.8. The van der Waals surface area contributed by atoms with E-state index in [2.05, 4.69) is 21.9 Å². The molecule has 8 nitrogen and oxygen atoms in total. The van der Waals surface area contributed by atoms with Crippen LogP contribution in [0.5, 0.6) is 0 Å². The number of hydrogen-bond acceptors (Lipinski definition) is 4. The number of nitrogens with one attached hydrogen (secondary N) is 3. The lowest BCUT2D eigenvalue weighted by atomic mass is 10.1. The molecule has 0 bridgehead atoms. The van der Waals surface area contributed by atoms with Gasteiger partial charge in [0.2, 0.25) is 5.91 Å². The van der Waals surface area contributed by atoms with Crippen LogP contribution in [0.15, 0.2) is 42.5 Å². The maximum absolute atomic E-state index is 12.9. The summed E-state index contributed by atoms with van der Waals surface area (Å²) >= 11 is 0. The largest absolute Gasteiger partial charge is 0.370 e. The number of nitrogens with zero attached hydrogens (tertiary/aromatic N) is 1. The molecule has 172 valence electrons. The monoisotopic (exact) mass is 448 g/mol. The molecule has 0 saturated carbocycles. The van der Waals surface area contributed by atoms with Crippen molar-refractivity contribution in [1.29, 1.82) is 0 Å². The number of aryl methyl sites for hydroxylation is 1. The first-order chi connectivity index (χ1) is 15.9. The molecule has 1 saturated heterocycles. The first-order valence-electron chi connectivity index (χ1n) is 10.8. The lowest BCUT2D eigenvalue weighted by Gasteiger charge is -2.28. The third-order valence-corrected chi connectivity index (χ3v) is 5.25. The van der Waals surface area contributed by atoms with Gasteiger partial charge in [0.15, 0.2) is 0 Å². The van der Waals surface area contributed by atoms with Crippen LogP contribution in [0.4, 0.5) is 21.9 Å². The quantitative estimate of drug-likeness (QED) is 0.566. The van der Waals surface area contributed by atoms with Gasteiger partial charge in [-0.2, -0.15) is 0 Å². The molecule has 0 aromatic heterocycles. The van der Waals surface area contributed by atoms with Gasteiger partial charge in [0.25, 0.3) is 5.91 Å². The molecule has 1 aliphatic rings. The maximum Gasteiger partial charge on any atom is 0.319 e. The van der Waals surface area contributed by atoms with E-state index in [0.29, 0.717) is 42.9 Å². The highest BCUT2D eigenvalue weighted by atomic mass is 16.5. The molecule has 1 aliphatic heterocycles. The normalized spacial score (nSPS) is 14.2. The molecule has 0 spiro atoms. The van der Waals surface area contributed by atoms with Gasteiger partial charge in [0.1, 0.15) is 12.6 Å². The number of ether oxygens (including phenoxy) is 1. The van der Waals surface area contributed by atoms with Crippen molar-refractivity contribution in [1.82, 2.24) is 5.32 Å². The molecule has 1 fully saturated rings. The first-order valence-corrected chi connectivity index (χ1v) is 10.8. The van der Waals surface area contributed by atoms with Crippen molar-refractivity contribution < 1.29 is 19.1 Å². The Kier molecular flexibility index (Phi) is 8.06. The third-order valence-electron chi connectivity index (χ3n) is 5.25. The number of carbonyl (C=O) groups is 3. The third kappa shape index (κ3) is 6.34. The zero-order valence-corrected chi connectivity index (χ0v) is 18.8.